The van der Waals surface area contributed by atoms with Crippen LogP contribution in [-0.4, -0.2) is 6.03 Å². The summed E-state index contributed by atoms with van der Waals surface area (Å²) in [6.45, 7) is 1.07. The smallest absolute Gasteiger partial charge is 0.315 e. The van der Waals surface area contributed by atoms with Crippen LogP contribution in [0.3, 0.4) is 0 Å². The standard InChI is InChI=1S/C15H14I2N2O/c16-13-5-1-3-11(7-13)9-18-15(20)19-10-12-4-2-6-14(17)8-12/h1-8H,9-10H2,(H2,18,19,20). The molecule has 0 aromatic heterocycles. The number of nitrogens with one attached hydrogen (secondary N) is 2. The van der Waals surface area contributed by atoms with Gasteiger partial charge < -0.3 is 10.6 Å². The van der Waals surface area contributed by atoms with Crippen LogP contribution in [0.4, 0.5) is 4.79 Å². The number of benzene rings is 2. The number of halogens is 2. The molecular formula is C15H14I2N2O. The van der Waals surface area contributed by atoms with Crippen molar-refractivity contribution in [2.24, 2.45) is 0 Å². The molecule has 0 radical (unpaired) electrons. The first-order valence-electron chi connectivity index (χ1n) is 6.14. The van der Waals surface area contributed by atoms with Crippen LogP contribution in [0.5, 0.6) is 0 Å². The Morgan fingerprint density at radius 2 is 1.30 bits per heavy atom. The van der Waals surface area contributed by atoms with Crippen molar-refractivity contribution in [3.8, 4) is 0 Å². The Morgan fingerprint density at radius 3 is 1.70 bits per heavy atom. The van der Waals surface area contributed by atoms with Gasteiger partial charge in [0.1, 0.15) is 0 Å². The van der Waals surface area contributed by atoms with Crippen molar-refractivity contribution < 1.29 is 4.79 Å². The van der Waals surface area contributed by atoms with E-state index in [2.05, 4.69) is 67.9 Å². The average molecular weight is 492 g/mol. The Kier molecular flexibility index (Phi) is 6.08. The summed E-state index contributed by atoms with van der Waals surface area (Å²) in [6.07, 6.45) is 0. The second kappa shape index (κ2) is 7.82. The van der Waals surface area contributed by atoms with E-state index >= 15 is 0 Å². The molecule has 104 valence electrons. The minimum atomic E-state index is -0.150. The van der Waals surface area contributed by atoms with Crippen LogP contribution in [0, 0.1) is 7.14 Å². The number of hydrogen-bond donors (Lipinski definition) is 2. The number of rotatable bonds is 4. The molecule has 2 aromatic carbocycles. The largest absolute Gasteiger partial charge is 0.334 e. The third-order valence-corrected chi connectivity index (χ3v) is 4.03. The number of urea groups is 1. The molecule has 0 saturated heterocycles. The molecule has 0 atom stereocenters. The van der Waals surface area contributed by atoms with Crippen molar-refractivity contribution >= 4 is 51.2 Å². The molecule has 2 rings (SSSR count). The highest BCUT2D eigenvalue weighted by Crippen LogP contribution is 2.08. The molecule has 3 nitrogen and oxygen atoms in total. The summed E-state index contributed by atoms with van der Waals surface area (Å²) in [4.78, 5) is 11.7. The molecule has 0 spiro atoms. The van der Waals surface area contributed by atoms with Crippen molar-refractivity contribution in [3.63, 3.8) is 0 Å². The van der Waals surface area contributed by atoms with E-state index in [-0.39, 0.29) is 6.03 Å². The first-order valence-corrected chi connectivity index (χ1v) is 8.30. The Balaban J connectivity index is 1.78. The summed E-state index contributed by atoms with van der Waals surface area (Å²) in [5.41, 5.74) is 2.20. The van der Waals surface area contributed by atoms with E-state index in [1.54, 1.807) is 0 Å². The van der Waals surface area contributed by atoms with Crippen LogP contribution in [0.15, 0.2) is 48.5 Å². The maximum atomic E-state index is 11.7. The third-order valence-electron chi connectivity index (χ3n) is 2.68. The van der Waals surface area contributed by atoms with E-state index in [1.165, 1.54) is 7.14 Å². The summed E-state index contributed by atoms with van der Waals surface area (Å²) >= 11 is 4.52. The van der Waals surface area contributed by atoms with E-state index in [9.17, 15) is 4.79 Å². The van der Waals surface area contributed by atoms with Crippen molar-refractivity contribution in [2.75, 3.05) is 0 Å². The highest BCUT2D eigenvalue weighted by molar-refractivity contribution is 14.1. The molecule has 0 bridgehead atoms. The van der Waals surface area contributed by atoms with Gasteiger partial charge >= 0.3 is 6.03 Å². The quantitative estimate of drug-likeness (QED) is 0.626. The van der Waals surface area contributed by atoms with Gasteiger partial charge in [-0.15, -0.1) is 0 Å². The number of carbonyl (C=O) groups excluding carboxylic acids is 1. The lowest BCUT2D eigenvalue weighted by Gasteiger charge is -2.08. The zero-order valence-electron chi connectivity index (χ0n) is 10.7. The molecule has 2 amide bonds. The summed E-state index contributed by atoms with van der Waals surface area (Å²) in [6, 6.07) is 16.0. The molecule has 5 heteroatoms. The topological polar surface area (TPSA) is 41.1 Å². The number of hydrogen-bond acceptors (Lipinski definition) is 1. The highest BCUT2D eigenvalue weighted by Gasteiger charge is 2.01. The van der Waals surface area contributed by atoms with Crippen LogP contribution >= 0.6 is 45.2 Å². The fourth-order valence-electron chi connectivity index (χ4n) is 1.72. The van der Waals surface area contributed by atoms with E-state index in [0.717, 1.165) is 11.1 Å². The predicted molar refractivity (Wildman–Crippen MR) is 97.4 cm³/mol. The molecule has 0 fully saturated rings. The van der Waals surface area contributed by atoms with E-state index in [1.807, 2.05) is 36.4 Å². The normalized spacial score (nSPS) is 10.1. The second-order valence-corrected chi connectivity index (χ2v) is 6.79. The lowest BCUT2D eigenvalue weighted by Crippen LogP contribution is -2.34. The van der Waals surface area contributed by atoms with Crippen molar-refractivity contribution in [3.05, 3.63) is 66.8 Å². The Labute approximate surface area is 145 Å². The van der Waals surface area contributed by atoms with Gasteiger partial charge in [-0.25, -0.2) is 4.79 Å². The summed E-state index contributed by atoms with van der Waals surface area (Å²) in [7, 11) is 0. The SMILES string of the molecule is O=C(NCc1cccc(I)c1)NCc1cccc(I)c1. The minimum absolute atomic E-state index is 0.150. The van der Waals surface area contributed by atoms with Gasteiger partial charge in [-0.1, -0.05) is 24.3 Å². The molecule has 2 N–H and O–H groups in total. The summed E-state index contributed by atoms with van der Waals surface area (Å²) in [5, 5.41) is 5.71. The fourth-order valence-corrected chi connectivity index (χ4v) is 2.94. The predicted octanol–water partition coefficient (Wildman–Crippen LogP) is 3.90. The van der Waals surface area contributed by atoms with Gasteiger partial charge in [-0.3, -0.25) is 0 Å². The zero-order valence-corrected chi connectivity index (χ0v) is 15.0. The maximum absolute atomic E-state index is 11.7. The number of amides is 2. The van der Waals surface area contributed by atoms with Gasteiger partial charge in [-0.05, 0) is 80.6 Å². The maximum Gasteiger partial charge on any atom is 0.315 e. The number of carbonyl (C=O) groups is 1. The van der Waals surface area contributed by atoms with Gasteiger partial charge in [-0.2, -0.15) is 0 Å². The molecule has 0 heterocycles. The summed E-state index contributed by atoms with van der Waals surface area (Å²) in [5.74, 6) is 0. The fraction of sp³-hybridized carbons (Fsp3) is 0.133. The Hall–Kier alpha value is -0.830. The van der Waals surface area contributed by atoms with E-state index in [4.69, 9.17) is 0 Å². The van der Waals surface area contributed by atoms with Gasteiger partial charge in [0, 0.05) is 20.2 Å². The molecule has 0 aliphatic carbocycles. The zero-order chi connectivity index (χ0) is 14.4. The molecule has 0 saturated carbocycles. The van der Waals surface area contributed by atoms with Gasteiger partial charge in [0.2, 0.25) is 0 Å². The van der Waals surface area contributed by atoms with Gasteiger partial charge in [0.25, 0.3) is 0 Å². The lowest BCUT2D eigenvalue weighted by atomic mass is 10.2. The van der Waals surface area contributed by atoms with E-state index < -0.39 is 0 Å². The third kappa shape index (κ3) is 5.28. The van der Waals surface area contributed by atoms with Gasteiger partial charge in [0.15, 0.2) is 0 Å². The first kappa shape index (κ1) is 15.6. The average Bonchev–Trinajstić information content (AvgIpc) is 2.43. The first-order chi connectivity index (χ1) is 9.63. The second-order valence-electron chi connectivity index (χ2n) is 4.30. The Morgan fingerprint density at radius 1 is 0.850 bits per heavy atom. The van der Waals surface area contributed by atoms with Crippen molar-refractivity contribution in [1.29, 1.82) is 0 Å². The van der Waals surface area contributed by atoms with Crippen LogP contribution in [0.2, 0.25) is 0 Å². The highest BCUT2D eigenvalue weighted by atomic mass is 127. The Bertz CT molecular complexity index is 550. The molecular weight excluding hydrogens is 478 g/mol. The van der Waals surface area contributed by atoms with Crippen molar-refractivity contribution in [2.45, 2.75) is 13.1 Å². The summed E-state index contributed by atoms with van der Waals surface area (Å²) < 4.78 is 2.34. The lowest BCUT2D eigenvalue weighted by molar-refractivity contribution is 0.240. The van der Waals surface area contributed by atoms with Gasteiger partial charge in [0.05, 0.1) is 0 Å². The molecule has 0 unspecified atom stereocenters. The molecule has 0 aliphatic heterocycles. The minimum Gasteiger partial charge on any atom is -0.334 e. The van der Waals surface area contributed by atoms with Crippen LogP contribution < -0.4 is 10.6 Å². The molecule has 0 aliphatic rings. The monoisotopic (exact) mass is 492 g/mol. The van der Waals surface area contributed by atoms with E-state index in [0.29, 0.717) is 13.1 Å². The molecule has 2 aromatic rings. The van der Waals surface area contributed by atoms with Crippen LogP contribution in [0.25, 0.3) is 0 Å². The van der Waals surface area contributed by atoms with Crippen LogP contribution in [-0.2, 0) is 13.1 Å². The molecule has 20 heavy (non-hydrogen) atoms. The van der Waals surface area contributed by atoms with Crippen molar-refractivity contribution in [1.82, 2.24) is 10.6 Å². The van der Waals surface area contributed by atoms with Crippen LogP contribution in [0.1, 0.15) is 11.1 Å².